The first kappa shape index (κ1) is 20.1. The molecule has 0 aliphatic carbocycles. The molecule has 0 atom stereocenters. The fraction of sp³-hybridized carbons (Fsp3) is 0.182. The second-order valence-electron chi connectivity index (χ2n) is 6.08. The summed E-state index contributed by atoms with van der Waals surface area (Å²) >= 11 is 0. The van der Waals surface area contributed by atoms with Crippen molar-refractivity contribution < 1.29 is 23.4 Å². The van der Waals surface area contributed by atoms with Crippen molar-refractivity contribution in [1.82, 2.24) is 4.98 Å². The van der Waals surface area contributed by atoms with Gasteiger partial charge < -0.3 is 14.2 Å². The van der Waals surface area contributed by atoms with Gasteiger partial charge in [-0.25, -0.2) is 9.37 Å². The molecule has 0 fully saturated rings. The highest BCUT2D eigenvalue weighted by Crippen LogP contribution is 2.38. The summed E-state index contributed by atoms with van der Waals surface area (Å²) in [4.78, 5) is 19.1. The average Bonchev–Trinajstić information content (AvgIpc) is 2.77. The second-order valence-corrected chi connectivity index (χ2v) is 6.08. The minimum Gasteiger partial charge on any atom is -0.493 e. The maximum atomic E-state index is 14.3. The predicted octanol–water partition coefficient (Wildman–Crippen LogP) is 4.09. The first-order chi connectivity index (χ1) is 14.1. The Morgan fingerprint density at radius 1 is 0.966 bits per heavy atom. The Bertz CT molecular complexity index is 970. The van der Waals surface area contributed by atoms with Crippen LogP contribution in [0.15, 0.2) is 60.8 Å². The smallest absolute Gasteiger partial charge is 0.260 e. The van der Waals surface area contributed by atoms with Crippen LogP contribution in [0, 0.1) is 5.82 Å². The van der Waals surface area contributed by atoms with Gasteiger partial charge in [0.1, 0.15) is 11.6 Å². The number of aromatic nitrogens is 1. The van der Waals surface area contributed by atoms with E-state index in [4.69, 9.17) is 14.2 Å². The molecule has 0 aliphatic heterocycles. The first-order valence-corrected chi connectivity index (χ1v) is 8.85. The Morgan fingerprint density at radius 3 is 2.17 bits per heavy atom. The van der Waals surface area contributed by atoms with Crippen molar-refractivity contribution in [2.45, 2.75) is 6.54 Å². The molecule has 150 valence electrons. The number of methoxy groups -OCH3 is 3. The molecule has 3 rings (SSSR count). The van der Waals surface area contributed by atoms with Crippen molar-refractivity contribution in [1.29, 1.82) is 0 Å². The van der Waals surface area contributed by atoms with Crippen LogP contribution in [-0.4, -0.2) is 32.2 Å². The van der Waals surface area contributed by atoms with Gasteiger partial charge in [-0.15, -0.1) is 0 Å². The average molecular weight is 396 g/mol. The van der Waals surface area contributed by atoms with E-state index in [0.717, 1.165) is 0 Å². The van der Waals surface area contributed by atoms with E-state index in [9.17, 15) is 9.18 Å². The molecular formula is C22H21FN2O4. The zero-order valence-electron chi connectivity index (χ0n) is 16.4. The van der Waals surface area contributed by atoms with Crippen molar-refractivity contribution in [2.75, 3.05) is 26.2 Å². The lowest BCUT2D eigenvalue weighted by Crippen LogP contribution is -2.31. The highest BCUT2D eigenvalue weighted by atomic mass is 19.1. The van der Waals surface area contributed by atoms with Gasteiger partial charge in [-0.05, 0) is 30.3 Å². The van der Waals surface area contributed by atoms with Crippen LogP contribution in [0.4, 0.5) is 10.2 Å². The third-order valence-electron chi connectivity index (χ3n) is 4.37. The zero-order chi connectivity index (χ0) is 20.8. The van der Waals surface area contributed by atoms with Gasteiger partial charge in [0.2, 0.25) is 5.75 Å². The number of hydrogen-bond acceptors (Lipinski definition) is 5. The van der Waals surface area contributed by atoms with Crippen molar-refractivity contribution in [2.24, 2.45) is 0 Å². The van der Waals surface area contributed by atoms with Crippen LogP contribution < -0.4 is 19.1 Å². The second kappa shape index (κ2) is 9.05. The number of carbonyl (C=O) groups excluding carboxylic acids is 1. The topological polar surface area (TPSA) is 60.9 Å². The maximum absolute atomic E-state index is 14.3. The Balaban J connectivity index is 2.06. The summed E-state index contributed by atoms with van der Waals surface area (Å²) in [5.74, 6) is 0.695. The van der Waals surface area contributed by atoms with E-state index >= 15 is 0 Å². The van der Waals surface area contributed by atoms with Crippen LogP contribution in [0.2, 0.25) is 0 Å². The molecule has 1 heterocycles. The molecule has 7 heteroatoms. The number of hydrogen-bond donors (Lipinski definition) is 0. The monoisotopic (exact) mass is 396 g/mol. The highest BCUT2D eigenvalue weighted by Gasteiger charge is 2.24. The Morgan fingerprint density at radius 2 is 1.62 bits per heavy atom. The number of anilines is 1. The number of carbonyl (C=O) groups is 1. The summed E-state index contributed by atoms with van der Waals surface area (Å²) in [5.41, 5.74) is 0.667. The Kier molecular flexibility index (Phi) is 6.29. The number of halogens is 1. The molecule has 0 aliphatic rings. The molecule has 0 saturated heterocycles. The van der Waals surface area contributed by atoms with Gasteiger partial charge in [0, 0.05) is 17.3 Å². The Labute approximate surface area is 168 Å². The quantitative estimate of drug-likeness (QED) is 0.602. The third kappa shape index (κ3) is 4.29. The summed E-state index contributed by atoms with van der Waals surface area (Å²) in [7, 11) is 4.43. The van der Waals surface area contributed by atoms with E-state index in [-0.39, 0.29) is 12.5 Å². The van der Waals surface area contributed by atoms with Gasteiger partial charge in [-0.1, -0.05) is 24.3 Å². The Hall–Kier alpha value is -3.61. The van der Waals surface area contributed by atoms with Crippen molar-refractivity contribution in [3.05, 3.63) is 77.7 Å². The molecule has 0 spiro atoms. The highest BCUT2D eigenvalue weighted by molar-refractivity contribution is 6.06. The molecule has 1 aromatic heterocycles. The van der Waals surface area contributed by atoms with E-state index in [1.54, 1.807) is 54.7 Å². The van der Waals surface area contributed by atoms with E-state index in [2.05, 4.69) is 4.98 Å². The van der Waals surface area contributed by atoms with Gasteiger partial charge in [-0.3, -0.25) is 9.69 Å². The van der Waals surface area contributed by atoms with E-state index in [1.165, 1.54) is 32.3 Å². The van der Waals surface area contributed by atoms with Gasteiger partial charge in [-0.2, -0.15) is 0 Å². The van der Waals surface area contributed by atoms with Gasteiger partial charge in [0.15, 0.2) is 11.5 Å². The zero-order valence-corrected chi connectivity index (χ0v) is 16.4. The first-order valence-electron chi connectivity index (χ1n) is 8.85. The summed E-state index contributed by atoms with van der Waals surface area (Å²) in [6, 6.07) is 14.6. The van der Waals surface area contributed by atoms with Gasteiger partial charge in [0.25, 0.3) is 5.91 Å². The summed E-state index contributed by atoms with van der Waals surface area (Å²) in [6.07, 6.45) is 1.58. The van der Waals surface area contributed by atoms with Crippen LogP contribution in [0.3, 0.4) is 0 Å². The van der Waals surface area contributed by atoms with Crippen molar-refractivity contribution >= 4 is 11.7 Å². The van der Waals surface area contributed by atoms with E-state index < -0.39 is 5.82 Å². The van der Waals surface area contributed by atoms with Crippen LogP contribution in [0.25, 0.3) is 0 Å². The standard InChI is InChI=1S/C22H21FN2O4/c1-27-18-12-16(13-19(28-2)21(18)29-3)22(26)25(20-10-6-7-11-24-20)14-15-8-4-5-9-17(15)23/h4-13H,14H2,1-3H3. The molecule has 29 heavy (non-hydrogen) atoms. The SMILES string of the molecule is COc1cc(C(=O)N(Cc2ccccc2F)c2ccccn2)cc(OC)c1OC. The lowest BCUT2D eigenvalue weighted by atomic mass is 10.1. The van der Waals surface area contributed by atoms with Gasteiger partial charge in [0.05, 0.1) is 27.9 Å². The maximum Gasteiger partial charge on any atom is 0.260 e. The van der Waals surface area contributed by atoms with Crippen LogP contribution in [0.1, 0.15) is 15.9 Å². The van der Waals surface area contributed by atoms with Gasteiger partial charge >= 0.3 is 0 Å². The molecular weight excluding hydrogens is 375 g/mol. The number of benzene rings is 2. The predicted molar refractivity (Wildman–Crippen MR) is 107 cm³/mol. The van der Waals surface area contributed by atoms with Crippen LogP contribution in [0.5, 0.6) is 17.2 Å². The molecule has 0 radical (unpaired) electrons. The molecule has 6 nitrogen and oxygen atoms in total. The summed E-state index contributed by atoms with van der Waals surface area (Å²) in [6.45, 7) is 0.0131. The normalized spacial score (nSPS) is 10.3. The fourth-order valence-corrected chi connectivity index (χ4v) is 2.93. The number of ether oxygens (including phenoxy) is 3. The minimum absolute atomic E-state index is 0.0131. The van der Waals surface area contributed by atoms with E-state index in [0.29, 0.717) is 34.2 Å². The number of amides is 1. The van der Waals surface area contributed by atoms with Crippen molar-refractivity contribution in [3.8, 4) is 17.2 Å². The third-order valence-corrected chi connectivity index (χ3v) is 4.37. The van der Waals surface area contributed by atoms with Crippen LogP contribution >= 0.6 is 0 Å². The van der Waals surface area contributed by atoms with Crippen molar-refractivity contribution in [3.63, 3.8) is 0 Å². The molecule has 0 saturated carbocycles. The fourth-order valence-electron chi connectivity index (χ4n) is 2.93. The molecule has 0 N–H and O–H groups in total. The number of rotatable bonds is 7. The lowest BCUT2D eigenvalue weighted by Gasteiger charge is -2.23. The molecule has 0 unspecified atom stereocenters. The number of pyridine rings is 1. The minimum atomic E-state index is -0.397. The lowest BCUT2D eigenvalue weighted by molar-refractivity contribution is 0.0983. The molecule has 0 bridgehead atoms. The summed E-state index contributed by atoms with van der Waals surface area (Å²) in [5, 5.41) is 0. The molecule has 2 aromatic carbocycles. The largest absolute Gasteiger partial charge is 0.493 e. The summed E-state index contributed by atoms with van der Waals surface area (Å²) < 4.78 is 30.2. The van der Waals surface area contributed by atoms with E-state index in [1.807, 2.05) is 0 Å². The van der Waals surface area contributed by atoms with Crippen LogP contribution in [-0.2, 0) is 6.54 Å². The molecule has 3 aromatic rings. The molecule has 1 amide bonds. The number of nitrogens with zero attached hydrogens (tertiary/aromatic N) is 2.